The SMILES string of the molecule is CC(C)(C)OC(=O)NCC1(C)CCCCCS1. The molecular formula is C13H25NO2S. The van der Waals surface area contributed by atoms with Crippen LogP contribution in [0.2, 0.25) is 0 Å². The minimum atomic E-state index is -0.415. The maximum Gasteiger partial charge on any atom is 0.407 e. The number of carbonyl (C=O) groups is 1. The first kappa shape index (κ1) is 14.7. The molecule has 1 N–H and O–H groups in total. The Morgan fingerprint density at radius 2 is 2.06 bits per heavy atom. The van der Waals surface area contributed by atoms with E-state index in [2.05, 4.69) is 12.2 Å². The number of hydrogen-bond donors (Lipinski definition) is 1. The zero-order valence-corrected chi connectivity index (χ0v) is 12.3. The third-order valence-corrected chi connectivity index (χ3v) is 4.34. The Balaban J connectivity index is 2.35. The van der Waals surface area contributed by atoms with Gasteiger partial charge in [-0.05, 0) is 46.3 Å². The molecular weight excluding hydrogens is 234 g/mol. The van der Waals surface area contributed by atoms with Gasteiger partial charge in [-0.1, -0.05) is 12.8 Å². The van der Waals surface area contributed by atoms with Gasteiger partial charge in [-0.2, -0.15) is 11.8 Å². The van der Waals surface area contributed by atoms with Crippen LogP contribution in [0.3, 0.4) is 0 Å². The molecule has 4 heteroatoms. The minimum absolute atomic E-state index is 0.174. The normalized spacial score (nSPS) is 26.1. The van der Waals surface area contributed by atoms with Crippen LogP contribution in [0.5, 0.6) is 0 Å². The van der Waals surface area contributed by atoms with Crippen LogP contribution in [0.15, 0.2) is 0 Å². The molecule has 0 saturated carbocycles. The molecule has 0 aromatic rings. The molecule has 0 radical (unpaired) electrons. The summed E-state index contributed by atoms with van der Waals surface area (Å²) in [5, 5.41) is 2.90. The van der Waals surface area contributed by atoms with Gasteiger partial charge < -0.3 is 10.1 Å². The fourth-order valence-corrected chi connectivity index (χ4v) is 3.19. The van der Waals surface area contributed by atoms with Crippen molar-refractivity contribution in [2.45, 2.75) is 63.7 Å². The van der Waals surface area contributed by atoms with Crippen LogP contribution in [0.25, 0.3) is 0 Å². The lowest BCUT2D eigenvalue weighted by Crippen LogP contribution is -2.41. The van der Waals surface area contributed by atoms with Crippen LogP contribution in [0.1, 0.15) is 53.4 Å². The number of nitrogens with one attached hydrogen (secondary N) is 1. The Labute approximate surface area is 109 Å². The predicted octanol–water partition coefficient (Wildman–Crippen LogP) is 3.58. The summed E-state index contributed by atoms with van der Waals surface area (Å²) in [7, 11) is 0. The van der Waals surface area contributed by atoms with Gasteiger partial charge in [-0.25, -0.2) is 4.79 Å². The highest BCUT2D eigenvalue weighted by Gasteiger charge is 2.27. The van der Waals surface area contributed by atoms with Gasteiger partial charge in [-0.3, -0.25) is 0 Å². The van der Waals surface area contributed by atoms with Crippen molar-refractivity contribution < 1.29 is 9.53 Å². The molecule has 17 heavy (non-hydrogen) atoms. The van der Waals surface area contributed by atoms with E-state index in [0.29, 0.717) is 6.54 Å². The van der Waals surface area contributed by atoms with Crippen LogP contribution in [0.4, 0.5) is 4.79 Å². The summed E-state index contributed by atoms with van der Waals surface area (Å²) in [5.41, 5.74) is -0.415. The lowest BCUT2D eigenvalue weighted by atomic mass is 10.0. The maximum absolute atomic E-state index is 11.6. The minimum Gasteiger partial charge on any atom is -0.444 e. The summed E-state index contributed by atoms with van der Waals surface area (Å²) in [4.78, 5) is 11.6. The third-order valence-electron chi connectivity index (χ3n) is 2.81. The lowest BCUT2D eigenvalue weighted by molar-refractivity contribution is 0.0522. The van der Waals surface area contributed by atoms with Gasteiger partial charge in [0.1, 0.15) is 5.60 Å². The maximum atomic E-state index is 11.6. The summed E-state index contributed by atoms with van der Waals surface area (Å²) in [6.45, 7) is 8.59. The average Bonchev–Trinajstić information content (AvgIpc) is 2.38. The molecule has 1 aliphatic rings. The fraction of sp³-hybridized carbons (Fsp3) is 0.923. The Morgan fingerprint density at radius 3 is 2.71 bits per heavy atom. The van der Waals surface area contributed by atoms with Crippen molar-refractivity contribution in [2.75, 3.05) is 12.3 Å². The van der Waals surface area contributed by atoms with E-state index in [1.807, 2.05) is 32.5 Å². The van der Waals surface area contributed by atoms with Crippen molar-refractivity contribution in [3.05, 3.63) is 0 Å². The van der Waals surface area contributed by atoms with Crippen molar-refractivity contribution >= 4 is 17.9 Å². The Bertz CT molecular complexity index is 253. The van der Waals surface area contributed by atoms with Gasteiger partial charge in [0.15, 0.2) is 0 Å². The van der Waals surface area contributed by atoms with E-state index < -0.39 is 5.60 Å². The number of amides is 1. The monoisotopic (exact) mass is 259 g/mol. The van der Waals surface area contributed by atoms with Crippen molar-refractivity contribution in [1.29, 1.82) is 0 Å². The fourth-order valence-electron chi connectivity index (χ4n) is 1.88. The number of rotatable bonds is 2. The van der Waals surface area contributed by atoms with Gasteiger partial charge in [0.25, 0.3) is 0 Å². The van der Waals surface area contributed by atoms with Crippen molar-refractivity contribution in [2.24, 2.45) is 0 Å². The van der Waals surface area contributed by atoms with E-state index in [0.717, 1.165) is 0 Å². The molecule has 1 rings (SSSR count). The van der Waals surface area contributed by atoms with E-state index >= 15 is 0 Å². The Hall–Kier alpha value is -0.380. The van der Waals surface area contributed by atoms with Crippen LogP contribution in [-0.4, -0.2) is 28.7 Å². The molecule has 0 aromatic heterocycles. The molecule has 0 aromatic carbocycles. The highest BCUT2D eigenvalue weighted by atomic mass is 32.2. The molecule has 0 bridgehead atoms. The lowest BCUT2D eigenvalue weighted by Gasteiger charge is -2.28. The van der Waals surface area contributed by atoms with Crippen LogP contribution in [0, 0.1) is 0 Å². The van der Waals surface area contributed by atoms with Gasteiger partial charge in [0.2, 0.25) is 0 Å². The molecule has 1 saturated heterocycles. The van der Waals surface area contributed by atoms with E-state index in [1.165, 1.54) is 31.4 Å². The average molecular weight is 259 g/mol. The van der Waals surface area contributed by atoms with E-state index in [9.17, 15) is 4.79 Å². The van der Waals surface area contributed by atoms with Gasteiger partial charge >= 0.3 is 6.09 Å². The van der Waals surface area contributed by atoms with Gasteiger partial charge in [0, 0.05) is 11.3 Å². The second-order valence-corrected chi connectivity index (χ2v) is 7.65. The van der Waals surface area contributed by atoms with E-state index in [1.54, 1.807) is 0 Å². The standard InChI is InChI=1S/C13H25NO2S/c1-12(2,3)16-11(15)14-10-13(4)8-6-5-7-9-17-13/h5-10H2,1-4H3,(H,14,15). The first-order valence-corrected chi connectivity index (χ1v) is 7.40. The van der Waals surface area contributed by atoms with E-state index in [4.69, 9.17) is 4.74 Å². The number of thioether (sulfide) groups is 1. The van der Waals surface area contributed by atoms with E-state index in [-0.39, 0.29) is 10.8 Å². The second kappa shape index (κ2) is 5.98. The highest BCUT2D eigenvalue weighted by molar-refractivity contribution is 8.00. The number of alkyl carbamates (subject to hydrolysis) is 1. The smallest absolute Gasteiger partial charge is 0.407 e. The molecule has 1 fully saturated rings. The second-order valence-electron chi connectivity index (χ2n) is 5.96. The summed E-state index contributed by atoms with van der Waals surface area (Å²) in [6.07, 6.45) is 4.75. The first-order chi connectivity index (χ1) is 7.81. The molecule has 1 aliphatic heterocycles. The summed E-state index contributed by atoms with van der Waals surface area (Å²) >= 11 is 1.98. The summed E-state index contributed by atoms with van der Waals surface area (Å²) in [5.74, 6) is 1.20. The molecule has 3 nitrogen and oxygen atoms in total. The van der Waals surface area contributed by atoms with Crippen molar-refractivity contribution in [3.8, 4) is 0 Å². The van der Waals surface area contributed by atoms with Gasteiger partial charge in [-0.15, -0.1) is 0 Å². The Kier molecular flexibility index (Phi) is 5.17. The highest BCUT2D eigenvalue weighted by Crippen LogP contribution is 2.34. The van der Waals surface area contributed by atoms with Gasteiger partial charge in [0.05, 0.1) is 0 Å². The molecule has 0 aliphatic carbocycles. The molecule has 100 valence electrons. The van der Waals surface area contributed by atoms with Crippen LogP contribution >= 0.6 is 11.8 Å². The summed E-state index contributed by atoms with van der Waals surface area (Å²) in [6, 6.07) is 0. The number of carbonyl (C=O) groups excluding carboxylic acids is 1. The Morgan fingerprint density at radius 1 is 1.35 bits per heavy atom. The molecule has 1 amide bonds. The van der Waals surface area contributed by atoms with Crippen molar-refractivity contribution in [1.82, 2.24) is 5.32 Å². The zero-order valence-electron chi connectivity index (χ0n) is 11.5. The topological polar surface area (TPSA) is 38.3 Å². The van der Waals surface area contributed by atoms with Crippen LogP contribution < -0.4 is 5.32 Å². The van der Waals surface area contributed by atoms with Crippen LogP contribution in [-0.2, 0) is 4.74 Å². The quantitative estimate of drug-likeness (QED) is 0.824. The predicted molar refractivity (Wildman–Crippen MR) is 73.6 cm³/mol. The zero-order chi connectivity index (χ0) is 12.9. The molecule has 0 spiro atoms. The largest absolute Gasteiger partial charge is 0.444 e. The van der Waals surface area contributed by atoms with Crippen molar-refractivity contribution in [3.63, 3.8) is 0 Å². The first-order valence-electron chi connectivity index (χ1n) is 6.42. The summed E-state index contributed by atoms with van der Waals surface area (Å²) < 4.78 is 5.42. The molecule has 1 unspecified atom stereocenters. The number of ether oxygens (including phenoxy) is 1. The third kappa shape index (κ3) is 6.20. The molecule has 1 heterocycles. The number of hydrogen-bond acceptors (Lipinski definition) is 3. The molecule has 1 atom stereocenters.